The van der Waals surface area contributed by atoms with Crippen LogP contribution in [-0.2, 0) is 0 Å². The lowest BCUT2D eigenvalue weighted by atomic mass is 10.0. The zero-order valence-electron chi connectivity index (χ0n) is 7.54. The molecule has 0 aliphatic heterocycles. The van der Waals surface area contributed by atoms with E-state index in [1.807, 2.05) is 0 Å². The third kappa shape index (κ3) is 2.22. The van der Waals surface area contributed by atoms with Crippen LogP contribution < -0.4 is 5.73 Å². The molecule has 0 unspecified atom stereocenters. The van der Waals surface area contributed by atoms with E-state index in [-0.39, 0.29) is 18.4 Å². The van der Waals surface area contributed by atoms with Crippen molar-refractivity contribution in [2.75, 3.05) is 0 Å². The van der Waals surface area contributed by atoms with Crippen molar-refractivity contribution >= 4 is 12.4 Å². The summed E-state index contributed by atoms with van der Waals surface area (Å²) in [6.07, 6.45) is 2.11. The highest BCUT2D eigenvalue weighted by atomic mass is 35.5. The predicted molar refractivity (Wildman–Crippen MR) is 53.3 cm³/mol. The summed E-state index contributed by atoms with van der Waals surface area (Å²) < 4.78 is 25.7. The van der Waals surface area contributed by atoms with Crippen LogP contribution in [0.1, 0.15) is 24.4 Å². The van der Waals surface area contributed by atoms with Gasteiger partial charge in [-0.1, -0.05) is 6.07 Å². The highest BCUT2D eigenvalue weighted by Gasteiger charge is 2.30. The van der Waals surface area contributed by atoms with Crippen molar-refractivity contribution in [2.45, 2.75) is 18.9 Å². The minimum Gasteiger partial charge on any atom is -0.324 e. The second kappa shape index (κ2) is 4.24. The Bertz CT molecular complexity index is 326. The zero-order chi connectivity index (χ0) is 9.42. The van der Waals surface area contributed by atoms with Gasteiger partial charge in [-0.3, -0.25) is 0 Å². The fraction of sp³-hybridized carbons (Fsp3) is 0.400. The normalized spacial score (nSPS) is 17.4. The molecular formula is C10H12ClF2N. The van der Waals surface area contributed by atoms with Crippen molar-refractivity contribution in [3.8, 4) is 0 Å². The molecule has 0 saturated heterocycles. The Morgan fingerprint density at radius 1 is 1.29 bits per heavy atom. The van der Waals surface area contributed by atoms with E-state index in [1.54, 1.807) is 0 Å². The Kier molecular flexibility index (Phi) is 3.45. The van der Waals surface area contributed by atoms with Gasteiger partial charge in [-0.25, -0.2) is 8.78 Å². The second-order valence-electron chi connectivity index (χ2n) is 3.53. The van der Waals surface area contributed by atoms with Gasteiger partial charge in [0.15, 0.2) is 0 Å². The molecule has 2 N–H and O–H groups in total. The van der Waals surface area contributed by atoms with Crippen LogP contribution in [0.5, 0.6) is 0 Å². The molecule has 1 aromatic carbocycles. The van der Waals surface area contributed by atoms with Crippen LogP contribution in [0.3, 0.4) is 0 Å². The molecule has 1 aromatic rings. The van der Waals surface area contributed by atoms with Gasteiger partial charge >= 0.3 is 0 Å². The summed E-state index contributed by atoms with van der Waals surface area (Å²) in [5.74, 6) is -0.691. The van der Waals surface area contributed by atoms with Crippen molar-refractivity contribution in [2.24, 2.45) is 11.7 Å². The molecule has 0 bridgehead atoms. The third-order valence-electron chi connectivity index (χ3n) is 2.45. The van der Waals surface area contributed by atoms with E-state index in [1.165, 1.54) is 12.1 Å². The summed E-state index contributed by atoms with van der Waals surface area (Å²) in [7, 11) is 0. The summed E-state index contributed by atoms with van der Waals surface area (Å²) >= 11 is 0. The molecule has 1 aliphatic carbocycles. The molecule has 0 radical (unpaired) electrons. The van der Waals surface area contributed by atoms with E-state index in [2.05, 4.69) is 0 Å². The molecule has 14 heavy (non-hydrogen) atoms. The van der Waals surface area contributed by atoms with Crippen molar-refractivity contribution in [1.29, 1.82) is 0 Å². The quantitative estimate of drug-likeness (QED) is 0.813. The van der Waals surface area contributed by atoms with E-state index >= 15 is 0 Å². The molecule has 0 aromatic heterocycles. The van der Waals surface area contributed by atoms with E-state index in [0.717, 1.165) is 18.9 Å². The molecule has 1 atom stereocenters. The second-order valence-corrected chi connectivity index (χ2v) is 3.53. The monoisotopic (exact) mass is 219 g/mol. The molecule has 1 fully saturated rings. The van der Waals surface area contributed by atoms with Gasteiger partial charge in [-0.15, -0.1) is 12.4 Å². The summed E-state index contributed by atoms with van der Waals surface area (Å²) in [5.41, 5.74) is 6.22. The van der Waals surface area contributed by atoms with Gasteiger partial charge < -0.3 is 5.73 Å². The molecule has 1 aliphatic rings. The number of hydrogen-bond acceptors (Lipinski definition) is 1. The highest BCUT2D eigenvalue weighted by molar-refractivity contribution is 5.85. The average Bonchev–Trinajstić information content (AvgIpc) is 2.85. The van der Waals surface area contributed by atoms with E-state index in [4.69, 9.17) is 5.73 Å². The molecule has 4 heteroatoms. The van der Waals surface area contributed by atoms with Gasteiger partial charge in [0, 0.05) is 17.7 Å². The molecule has 78 valence electrons. The lowest BCUT2D eigenvalue weighted by Crippen LogP contribution is -2.14. The van der Waals surface area contributed by atoms with Crippen LogP contribution in [0.15, 0.2) is 18.2 Å². The maximum atomic E-state index is 13.2. The summed E-state index contributed by atoms with van der Waals surface area (Å²) in [4.78, 5) is 0. The molecule has 1 nitrogen and oxygen atoms in total. The molecule has 0 spiro atoms. The molecule has 0 amide bonds. The Balaban J connectivity index is 0.000000980. The molecule has 1 saturated carbocycles. The maximum Gasteiger partial charge on any atom is 0.130 e. The van der Waals surface area contributed by atoms with Crippen LogP contribution in [0.2, 0.25) is 0 Å². The molecule has 0 heterocycles. The smallest absolute Gasteiger partial charge is 0.130 e. The van der Waals surface area contributed by atoms with Gasteiger partial charge in [-0.05, 0) is 24.8 Å². The van der Waals surface area contributed by atoms with E-state index < -0.39 is 11.6 Å². The van der Waals surface area contributed by atoms with Crippen LogP contribution in [0.25, 0.3) is 0 Å². The first-order valence-electron chi connectivity index (χ1n) is 4.39. The van der Waals surface area contributed by atoms with Crippen LogP contribution in [0, 0.1) is 17.6 Å². The van der Waals surface area contributed by atoms with E-state index in [9.17, 15) is 8.78 Å². The minimum absolute atomic E-state index is 0. The fourth-order valence-corrected chi connectivity index (χ4v) is 1.48. The van der Waals surface area contributed by atoms with Gasteiger partial charge in [0.25, 0.3) is 0 Å². The van der Waals surface area contributed by atoms with Crippen LogP contribution in [-0.4, -0.2) is 0 Å². The number of nitrogens with two attached hydrogens (primary N) is 1. The predicted octanol–water partition coefficient (Wildman–Crippen LogP) is 2.80. The van der Waals surface area contributed by atoms with E-state index in [0.29, 0.717) is 11.5 Å². The topological polar surface area (TPSA) is 26.0 Å². The van der Waals surface area contributed by atoms with Crippen molar-refractivity contribution in [3.63, 3.8) is 0 Å². The lowest BCUT2D eigenvalue weighted by molar-refractivity contribution is 0.536. The number of halogens is 3. The minimum atomic E-state index is -0.552. The Morgan fingerprint density at radius 2 is 1.93 bits per heavy atom. The number of rotatable bonds is 2. The Morgan fingerprint density at radius 3 is 2.43 bits per heavy atom. The van der Waals surface area contributed by atoms with Crippen molar-refractivity contribution < 1.29 is 8.78 Å². The van der Waals surface area contributed by atoms with Crippen molar-refractivity contribution in [1.82, 2.24) is 0 Å². The zero-order valence-corrected chi connectivity index (χ0v) is 8.36. The van der Waals surface area contributed by atoms with Crippen molar-refractivity contribution in [3.05, 3.63) is 35.4 Å². The first-order valence-corrected chi connectivity index (χ1v) is 4.39. The standard InChI is InChI=1S/C10H11F2N.ClH/c11-7-3-4-8(9(12)5-7)10(13)6-1-2-6;/h3-6,10H,1-2,13H2;1H/t10-;/m1./s1. The van der Waals surface area contributed by atoms with Crippen LogP contribution >= 0.6 is 12.4 Å². The largest absolute Gasteiger partial charge is 0.324 e. The lowest BCUT2D eigenvalue weighted by Gasteiger charge is -2.11. The average molecular weight is 220 g/mol. The number of hydrogen-bond donors (Lipinski definition) is 1. The number of benzene rings is 1. The van der Waals surface area contributed by atoms with Gasteiger partial charge in [0.05, 0.1) is 0 Å². The fourth-order valence-electron chi connectivity index (χ4n) is 1.48. The Labute approximate surface area is 87.7 Å². The SMILES string of the molecule is Cl.N[C@@H](c1ccc(F)cc1F)C1CC1. The van der Waals surface area contributed by atoms with Gasteiger partial charge in [-0.2, -0.15) is 0 Å². The Hall–Kier alpha value is -0.670. The van der Waals surface area contributed by atoms with Gasteiger partial charge in [0.2, 0.25) is 0 Å². The highest BCUT2D eigenvalue weighted by Crippen LogP contribution is 2.40. The van der Waals surface area contributed by atoms with Crippen LogP contribution in [0.4, 0.5) is 8.78 Å². The molecule has 2 rings (SSSR count). The maximum absolute atomic E-state index is 13.2. The summed E-state index contributed by atoms with van der Waals surface area (Å²) in [6.45, 7) is 0. The third-order valence-corrected chi connectivity index (χ3v) is 2.45. The first kappa shape index (κ1) is 11.4. The first-order chi connectivity index (χ1) is 6.18. The summed E-state index contributed by atoms with van der Waals surface area (Å²) in [6, 6.07) is 3.31. The van der Waals surface area contributed by atoms with Gasteiger partial charge in [0.1, 0.15) is 11.6 Å². The summed E-state index contributed by atoms with van der Waals surface area (Å²) in [5, 5.41) is 0. The molecular weight excluding hydrogens is 208 g/mol.